The monoisotopic (exact) mass is 376 g/mol. The van der Waals surface area contributed by atoms with E-state index in [2.05, 4.69) is 33.2 Å². The van der Waals surface area contributed by atoms with Gasteiger partial charge in [-0.2, -0.15) is 0 Å². The molecule has 5 heteroatoms. The molecule has 1 aliphatic rings. The normalized spacial score (nSPS) is 14.9. The molecule has 1 aromatic carbocycles. The van der Waals surface area contributed by atoms with Crippen LogP contribution in [0, 0.1) is 11.7 Å². The first-order valence-electron chi connectivity index (χ1n) is 9.83. The van der Waals surface area contributed by atoms with E-state index < -0.39 is 0 Å². The van der Waals surface area contributed by atoms with Crippen molar-refractivity contribution in [3.8, 4) is 11.1 Å². The standard InChI is InChI=1S/C23H25FN4/c1-17-8-12-28(13-9-17)23-15-20(7-11-26-23)19-6-10-25-22(14-19)27-16-18-2-4-21(24)5-3-18/h2-7,10-11,14-15,17H,8-9,12-13,16H2,1H3,(H,25,27). The number of pyridine rings is 2. The van der Waals surface area contributed by atoms with Crippen molar-refractivity contribution in [1.29, 1.82) is 0 Å². The highest BCUT2D eigenvalue weighted by molar-refractivity contribution is 5.68. The molecule has 4 rings (SSSR count). The maximum atomic E-state index is 13.0. The van der Waals surface area contributed by atoms with Gasteiger partial charge >= 0.3 is 0 Å². The van der Waals surface area contributed by atoms with Crippen LogP contribution in [0.25, 0.3) is 11.1 Å². The molecule has 0 amide bonds. The topological polar surface area (TPSA) is 41.1 Å². The van der Waals surface area contributed by atoms with E-state index in [0.717, 1.165) is 47.3 Å². The van der Waals surface area contributed by atoms with E-state index in [1.54, 1.807) is 12.1 Å². The molecule has 4 nitrogen and oxygen atoms in total. The quantitative estimate of drug-likeness (QED) is 0.670. The van der Waals surface area contributed by atoms with Gasteiger partial charge in [0.25, 0.3) is 0 Å². The number of benzene rings is 1. The average molecular weight is 376 g/mol. The van der Waals surface area contributed by atoms with E-state index in [-0.39, 0.29) is 5.82 Å². The Labute approximate surface area is 165 Å². The minimum absolute atomic E-state index is 0.222. The molecule has 28 heavy (non-hydrogen) atoms. The Morgan fingerprint density at radius 3 is 2.39 bits per heavy atom. The van der Waals surface area contributed by atoms with E-state index >= 15 is 0 Å². The van der Waals surface area contributed by atoms with Gasteiger partial charge in [0, 0.05) is 32.0 Å². The molecule has 3 heterocycles. The lowest BCUT2D eigenvalue weighted by molar-refractivity contribution is 0.436. The van der Waals surface area contributed by atoms with Gasteiger partial charge in [-0.1, -0.05) is 19.1 Å². The summed E-state index contributed by atoms with van der Waals surface area (Å²) in [7, 11) is 0. The number of halogens is 1. The van der Waals surface area contributed by atoms with Gasteiger partial charge in [-0.25, -0.2) is 14.4 Å². The van der Waals surface area contributed by atoms with Gasteiger partial charge in [0.15, 0.2) is 0 Å². The van der Waals surface area contributed by atoms with E-state index in [9.17, 15) is 4.39 Å². The number of aromatic nitrogens is 2. The van der Waals surface area contributed by atoms with E-state index in [4.69, 9.17) is 0 Å². The average Bonchev–Trinajstić information content (AvgIpc) is 2.74. The molecule has 0 aliphatic carbocycles. The summed E-state index contributed by atoms with van der Waals surface area (Å²) in [6.45, 7) is 5.06. The summed E-state index contributed by atoms with van der Waals surface area (Å²) in [5.41, 5.74) is 3.25. The van der Waals surface area contributed by atoms with Crippen molar-refractivity contribution >= 4 is 11.6 Å². The molecule has 0 bridgehead atoms. The first-order chi connectivity index (χ1) is 13.7. The molecule has 0 radical (unpaired) electrons. The van der Waals surface area contributed by atoms with Crippen LogP contribution < -0.4 is 10.2 Å². The third kappa shape index (κ3) is 4.47. The lowest BCUT2D eigenvalue weighted by atomic mass is 9.99. The van der Waals surface area contributed by atoms with Crippen molar-refractivity contribution in [2.45, 2.75) is 26.3 Å². The fourth-order valence-corrected chi connectivity index (χ4v) is 3.51. The largest absolute Gasteiger partial charge is 0.366 e. The van der Waals surface area contributed by atoms with Crippen LogP contribution in [0.5, 0.6) is 0 Å². The van der Waals surface area contributed by atoms with Crippen LogP contribution in [0.1, 0.15) is 25.3 Å². The van der Waals surface area contributed by atoms with Crippen molar-refractivity contribution in [1.82, 2.24) is 9.97 Å². The van der Waals surface area contributed by atoms with Gasteiger partial charge < -0.3 is 10.2 Å². The predicted molar refractivity (Wildman–Crippen MR) is 112 cm³/mol. The Morgan fingerprint density at radius 2 is 1.64 bits per heavy atom. The summed E-state index contributed by atoms with van der Waals surface area (Å²) >= 11 is 0. The van der Waals surface area contributed by atoms with Gasteiger partial charge in [0.1, 0.15) is 17.5 Å². The highest BCUT2D eigenvalue weighted by Crippen LogP contribution is 2.27. The minimum atomic E-state index is -0.222. The zero-order chi connectivity index (χ0) is 19.3. The lowest BCUT2D eigenvalue weighted by Crippen LogP contribution is -2.33. The zero-order valence-electron chi connectivity index (χ0n) is 16.1. The number of nitrogens with one attached hydrogen (secondary N) is 1. The first kappa shape index (κ1) is 18.4. The fraction of sp³-hybridized carbons (Fsp3) is 0.304. The van der Waals surface area contributed by atoms with E-state index in [1.807, 2.05) is 30.6 Å². The van der Waals surface area contributed by atoms with E-state index in [1.165, 1.54) is 25.0 Å². The number of anilines is 2. The number of piperidine rings is 1. The van der Waals surface area contributed by atoms with Crippen LogP contribution in [0.2, 0.25) is 0 Å². The van der Waals surface area contributed by atoms with Crippen LogP contribution in [-0.4, -0.2) is 23.1 Å². The van der Waals surface area contributed by atoms with Crippen molar-refractivity contribution < 1.29 is 4.39 Å². The molecule has 0 saturated carbocycles. The molecule has 3 aromatic rings. The second-order valence-electron chi connectivity index (χ2n) is 7.48. The lowest BCUT2D eigenvalue weighted by Gasteiger charge is -2.31. The van der Waals surface area contributed by atoms with Gasteiger partial charge in [-0.05, 0) is 71.8 Å². The van der Waals surface area contributed by atoms with Crippen LogP contribution in [0.3, 0.4) is 0 Å². The fourth-order valence-electron chi connectivity index (χ4n) is 3.51. The van der Waals surface area contributed by atoms with Gasteiger partial charge in [-0.3, -0.25) is 0 Å². The third-order valence-corrected chi connectivity index (χ3v) is 5.33. The van der Waals surface area contributed by atoms with Crippen molar-refractivity contribution in [2.75, 3.05) is 23.3 Å². The minimum Gasteiger partial charge on any atom is -0.366 e. The second-order valence-corrected chi connectivity index (χ2v) is 7.48. The molecule has 1 aliphatic heterocycles. The number of rotatable bonds is 5. The zero-order valence-corrected chi connectivity index (χ0v) is 16.1. The molecule has 1 fully saturated rings. The maximum absolute atomic E-state index is 13.0. The molecular formula is C23H25FN4. The highest BCUT2D eigenvalue weighted by atomic mass is 19.1. The summed E-state index contributed by atoms with van der Waals surface area (Å²) in [6.07, 6.45) is 6.14. The summed E-state index contributed by atoms with van der Waals surface area (Å²) < 4.78 is 13.0. The molecule has 0 spiro atoms. The Kier molecular flexibility index (Phi) is 5.51. The summed E-state index contributed by atoms with van der Waals surface area (Å²) in [5, 5.41) is 3.31. The first-order valence-corrected chi connectivity index (χ1v) is 9.83. The number of nitrogens with zero attached hydrogens (tertiary/aromatic N) is 3. The maximum Gasteiger partial charge on any atom is 0.129 e. The van der Waals surface area contributed by atoms with Crippen LogP contribution in [0.4, 0.5) is 16.0 Å². The Bertz CT molecular complexity index is 918. The van der Waals surface area contributed by atoms with Crippen molar-refractivity contribution in [2.24, 2.45) is 5.92 Å². The Morgan fingerprint density at radius 1 is 0.964 bits per heavy atom. The summed E-state index contributed by atoms with van der Waals surface area (Å²) in [6, 6.07) is 14.8. The molecule has 2 aromatic heterocycles. The Hall–Kier alpha value is -2.95. The summed E-state index contributed by atoms with van der Waals surface area (Å²) in [4.78, 5) is 11.4. The molecule has 0 unspecified atom stereocenters. The van der Waals surface area contributed by atoms with Crippen molar-refractivity contribution in [3.05, 3.63) is 72.3 Å². The van der Waals surface area contributed by atoms with Gasteiger partial charge in [0.05, 0.1) is 0 Å². The third-order valence-electron chi connectivity index (χ3n) is 5.33. The molecule has 144 valence electrons. The van der Waals surface area contributed by atoms with Crippen LogP contribution in [-0.2, 0) is 6.54 Å². The SMILES string of the molecule is CC1CCN(c2cc(-c3ccnc(NCc4ccc(F)cc4)c3)ccn2)CC1. The van der Waals surface area contributed by atoms with Crippen LogP contribution >= 0.6 is 0 Å². The summed E-state index contributed by atoms with van der Waals surface area (Å²) in [5.74, 6) is 2.42. The number of hydrogen-bond donors (Lipinski definition) is 1. The smallest absolute Gasteiger partial charge is 0.129 e. The van der Waals surface area contributed by atoms with Gasteiger partial charge in [0.2, 0.25) is 0 Å². The Balaban J connectivity index is 1.48. The van der Waals surface area contributed by atoms with Gasteiger partial charge in [-0.15, -0.1) is 0 Å². The molecule has 1 N–H and O–H groups in total. The second kappa shape index (κ2) is 8.38. The highest BCUT2D eigenvalue weighted by Gasteiger charge is 2.17. The predicted octanol–water partition coefficient (Wildman–Crippen LogP) is 5.13. The molecule has 0 atom stereocenters. The van der Waals surface area contributed by atoms with Crippen molar-refractivity contribution in [3.63, 3.8) is 0 Å². The molecule has 1 saturated heterocycles. The van der Waals surface area contributed by atoms with E-state index in [0.29, 0.717) is 6.54 Å². The van der Waals surface area contributed by atoms with Crippen LogP contribution in [0.15, 0.2) is 60.9 Å². The molecular weight excluding hydrogens is 351 g/mol. The number of hydrogen-bond acceptors (Lipinski definition) is 4.